The fraction of sp³-hybridized carbons (Fsp3) is 0.636. The third-order valence-electron chi connectivity index (χ3n) is 7.13. The molecule has 0 aromatic heterocycles. The highest BCUT2D eigenvalue weighted by molar-refractivity contribution is 5.67. The van der Waals surface area contributed by atoms with Crippen molar-refractivity contribution in [2.45, 2.75) is 136 Å². The standard InChI is InChI=1S/C33H53N/c1-4-7-10-13-16-20-29-25-27-32(28-26-29)34-33-30(21-17-14-11-8-5-2)23-19-24-31(33)22-18-15-12-9-6-3/h19,23-28,34H,4-18,20-22H2,1-3H3. The molecule has 0 aliphatic carbocycles. The summed E-state index contributed by atoms with van der Waals surface area (Å²) in [5.74, 6) is 0. The van der Waals surface area contributed by atoms with E-state index in [0.29, 0.717) is 0 Å². The summed E-state index contributed by atoms with van der Waals surface area (Å²) in [4.78, 5) is 0. The molecule has 1 nitrogen and oxygen atoms in total. The number of hydrogen-bond acceptors (Lipinski definition) is 1. The molecular weight excluding hydrogens is 410 g/mol. The highest BCUT2D eigenvalue weighted by Gasteiger charge is 2.09. The first kappa shape index (κ1) is 28.5. The first-order valence-corrected chi connectivity index (χ1v) is 14.7. The van der Waals surface area contributed by atoms with E-state index < -0.39 is 0 Å². The van der Waals surface area contributed by atoms with Gasteiger partial charge in [-0.1, -0.05) is 128 Å². The van der Waals surface area contributed by atoms with Gasteiger partial charge in [-0.2, -0.15) is 0 Å². The first-order valence-electron chi connectivity index (χ1n) is 14.7. The molecule has 0 unspecified atom stereocenters. The van der Waals surface area contributed by atoms with Crippen molar-refractivity contribution in [1.82, 2.24) is 0 Å². The maximum absolute atomic E-state index is 3.86. The molecule has 0 fully saturated rings. The summed E-state index contributed by atoms with van der Waals surface area (Å²) in [7, 11) is 0. The van der Waals surface area contributed by atoms with E-state index in [-0.39, 0.29) is 0 Å². The molecule has 1 heteroatoms. The zero-order valence-electron chi connectivity index (χ0n) is 22.8. The topological polar surface area (TPSA) is 12.0 Å². The van der Waals surface area contributed by atoms with Gasteiger partial charge in [0.2, 0.25) is 0 Å². The Bertz CT molecular complexity index is 713. The van der Waals surface area contributed by atoms with E-state index in [1.54, 1.807) is 0 Å². The van der Waals surface area contributed by atoms with E-state index in [2.05, 4.69) is 68.6 Å². The molecule has 1 N–H and O–H groups in total. The second kappa shape index (κ2) is 18.6. The number of rotatable bonds is 20. The Morgan fingerprint density at radius 1 is 0.471 bits per heavy atom. The summed E-state index contributed by atoms with van der Waals surface area (Å²) in [5, 5.41) is 3.86. The minimum absolute atomic E-state index is 1.19. The van der Waals surface area contributed by atoms with Gasteiger partial charge >= 0.3 is 0 Å². The fourth-order valence-corrected chi connectivity index (χ4v) is 4.90. The minimum atomic E-state index is 1.19. The Hall–Kier alpha value is -1.76. The molecular formula is C33H53N. The van der Waals surface area contributed by atoms with Crippen LogP contribution in [0, 0.1) is 0 Å². The molecule has 0 radical (unpaired) electrons. The number of aryl methyl sites for hydroxylation is 3. The lowest BCUT2D eigenvalue weighted by atomic mass is 9.97. The predicted molar refractivity (Wildman–Crippen MR) is 154 cm³/mol. The molecule has 2 rings (SSSR count). The Labute approximate surface area is 212 Å². The van der Waals surface area contributed by atoms with Gasteiger partial charge < -0.3 is 5.32 Å². The molecule has 0 saturated heterocycles. The molecule has 0 spiro atoms. The highest BCUT2D eigenvalue weighted by atomic mass is 14.9. The van der Waals surface area contributed by atoms with Crippen molar-refractivity contribution in [3.05, 3.63) is 59.2 Å². The van der Waals surface area contributed by atoms with Gasteiger partial charge in [0, 0.05) is 11.4 Å². The van der Waals surface area contributed by atoms with Crippen LogP contribution in [0.25, 0.3) is 0 Å². The van der Waals surface area contributed by atoms with Gasteiger partial charge in [0.15, 0.2) is 0 Å². The average Bonchev–Trinajstić information content (AvgIpc) is 2.86. The zero-order chi connectivity index (χ0) is 24.3. The Morgan fingerprint density at radius 2 is 0.912 bits per heavy atom. The third kappa shape index (κ3) is 11.6. The van der Waals surface area contributed by atoms with E-state index in [0.717, 1.165) is 0 Å². The van der Waals surface area contributed by atoms with Crippen LogP contribution in [-0.4, -0.2) is 0 Å². The summed E-state index contributed by atoms with van der Waals surface area (Å²) in [6.07, 6.45) is 23.7. The molecule has 2 aromatic rings. The maximum Gasteiger partial charge on any atom is 0.0449 e. The lowest BCUT2D eigenvalue weighted by Gasteiger charge is -2.18. The summed E-state index contributed by atoms with van der Waals surface area (Å²) in [6.45, 7) is 6.88. The minimum Gasteiger partial charge on any atom is -0.355 e. The molecule has 0 heterocycles. The second-order valence-electron chi connectivity index (χ2n) is 10.3. The Morgan fingerprint density at radius 3 is 1.38 bits per heavy atom. The van der Waals surface area contributed by atoms with Gasteiger partial charge in [-0.15, -0.1) is 0 Å². The van der Waals surface area contributed by atoms with Gasteiger partial charge in [0.25, 0.3) is 0 Å². The van der Waals surface area contributed by atoms with E-state index in [9.17, 15) is 0 Å². The monoisotopic (exact) mass is 463 g/mol. The number of hydrogen-bond donors (Lipinski definition) is 1. The zero-order valence-corrected chi connectivity index (χ0v) is 22.8. The van der Waals surface area contributed by atoms with E-state index in [1.165, 1.54) is 144 Å². The number of para-hydroxylation sites is 1. The molecule has 0 aliphatic rings. The first-order chi connectivity index (χ1) is 16.8. The van der Waals surface area contributed by atoms with E-state index in [4.69, 9.17) is 0 Å². The predicted octanol–water partition coefficient (Wildman–Crippen LogP) is 11.0. The summed E-state index contributed by atoms with van der Waals surface area (Å²) in [6, 6.07) is 16.3. The van der Waals surface area contributed by atoms with Crippen molar-refractivity contribution >= 4 is 11.4 Å². The van der Waals surface area contributed by atoms with Crippen molar-refractivity contribution in [3.8, 4) is 0 Å². The molecule has 0 aliphatic heterocycles. The number of benzene rings is 2. The van der Waals surface area contributed by atoms with Crippen LogP contribution in [-0.2, 0) is 19.3 Å². The quantitative estimate of drug-likeness (QED) is 0.192. The normalized spacial score (nSPS) is 11.1. The molecule has 0 atom stereocenters. The average molecular weight is 464 g/mol. The summed E-state index contributed by atoms with van der Waals surface area (Å²) < 4.78 is 0. The van der Waals surface area contributed by atoms with Crippen molar-refractivity contribution in [1.29, 1.82) is 0 Å². The van der Waals surface area contributed by atoms with Crippen molar-refractivity contribution in [3.63, 3.8) is 0 Å². The largest absolute Gasteiger partial charge is 0.355 e. The fourth-order valence-electron chi connectivity index (χ4n) is 4.90. The van der Waals surface area contributed by atoms with Gasteiger partial charge in [-0.3, -0.25) is 0 Å². The van der Waals surface area contributed by atoms with Gasteiger partial charge in [0.05, 0.1) is 0 Å². The van der Waals surface area contributed by atoms with Crippen molar-refractivity contribution in [2.75, 3.05) is 5.32 Å². The second-order valence-corrected chi connectivity index (χ2v) is 10.3. The third-order valence-corrected chi connectivity index (χ3v) is 7.13. The lowest BCUT2D eigenvalue weighted by molar-refractivity contribution is 0.629. The number of anilines is 2. The molecule has 34 heavy (non-hydrogen) atoms. The lowest BCUT2D eigenvalue weighted by Crippen LogP contribution is -2.02. The summed E-state index contributed by atoms with van der Waals surface area (Å²) in [5.41, 5.74) is 7.11. The van der Waals surface area contributed by atoms with Crippen LogP contribution in [0.5, 0.6) is 0 Å². The van der Waals surface area contributed by atoms with Crippen LogP contribution in [0.1, 0.15) is 134 Å². The summed E-state index contributed by atoms with van der Waals surface area (Å²) >= 11 is 0. The van der Waals surface area contributed by atoms with Gasteiger partial charge in [0.1, 0.15) is 0 Å². The molecule has 0 bridgehead atoms. The highest BCUT2D eigenvalue weighted by Crippen LogP contribution is 2.29. The van der Waals surface area contributed by atoms with Crippen LogP contribution in [0.3, 0.4) is 0 Å². The van der Waals surface area contributed by atoms with Crippen LogP contribution in [0.2, 0.25) is 0 Å². The number of nitrogens with one attached hydrogen (secondary N) is 1. The van der Waals surface area contributed by atoms with E-state index >= 15 is 0 Å². The van der Waals surface area contributed by atoms with Crippen molar-refractivity contribution in [2.24, 2.45) is 0 Å². The smallest absolute Gasteiger partial charge is 0.0449 e. The van der Waals surface area contributed by atoms with Gasteiger partial charge in [-0.05, 0) is 67.3 Å². The van der Waals surface area contributed by atoms with Crippen LogP contribution >= 0.6 is 0 Å². The van der Waals surface area contributed by atoms with Crippen LogP contribution in [0.15, 0.2) is 42.5 Å². The maximum atomic E-state index is 3.86. The molecule has 0 saturated carbocycles. The van der Waals surface area contributed by atoms with E-state index in [1.807, 2.05) is 0 Å². The molecule has 2 aromatic carbocycles. The Kier molecular flexibility index (Phi) is 15.5. The van der Waals surface area contributed by atoms with Crippen LogP contribution in [0.4, 0.5) is 11.4 Å². The molecule has 0 amide bonds. The SMILES string of the molecule is CCCCCCCc1ccc(Nc2c(CCCCCCC)cccc2CCCCCCC)cc1. The molecule has 190 valence electrons. The van der Waals surface area contributed by atoms with Crippen molar-refractivity contribution < 1.29 is 0 Å². The number of unbranched alkanes of at least 4 members (excludes halogenated alkanes) is 12. The van der Waals surface area contributed by atoms with Gasteiger partial charge in [-0.25, -0.2) is 0 Å². The Balaban J connectivity index is 2.01. The van der Waals surface area contributed by atoms with Crippen LogP contribution < -0.4 is 5.32 Å².